The van der Waals surface area contributed by atoms with Gasteiger partial charge in [0.2, 0.25) is 0 Å². The lowest BCUT2D eigenvalue weighted by Gasteiger charge is -2.28. The summed E-state index contributed by atoms with van der Waals surface area (Å²) in [5, 5.41) is 3.11. The van der Waals surface area contributed by atoms with Crippen molar-refractivity contribution in [3.8, 4) is 0 Å². The lowest BCUT2D eigenvalue weighted by atomic mass is 9.87. The van der Waals surface area contributed by atoms with Crippen LogP contribution in [-0.2, 0) is 19.1 Å². The van der Waals surface area contributed by atoms with Crippen LogP contribution in [0.1, 0.15) is 34.6 Å². The summed E-state index contributed by atoms with van der Waals surface area (Å²) in [6.45, 7) is 9.37. The zero-order chi connectivity index (χ0) is 20.0. The molecule has 1 aromatic carbocycles. The third-order valence-corrected chi connectivity index (χ3v) is 5.14. The van der Waals surface area contributed by atoms with Crippen molar-refractivity contribution in [2.24, 2.45) is 5.92 Å². The SMILES string of the molecule is CC1=C(C(=O)OCCSc2ccccc2)C(C)C(C(=O)OC(C)C)=C(C)N1. The van der Waals surface area contributed by atoms with Crippen molar-refractivity contribution in [2.75, 3.05) is 12.4 Å². The van der Waals surface area contributed by atoms with Gasteiger partial charge >= 0.3 is 11.9 Å². The molecular weight excluding hydrogens is 362 g/mol. The molecule has 1 atom stereocenters. The van der Waals surface area contributed by atoms with Crippen molar-refractivity contribution in [2.45, 2.75) is 45.6 Å². The molecule has 0 aliphatic carbocycles. The monoisotopic (exact) mass is 389 g/mol. The van der Waals surface area contributed by atoms with Crippen LogP contribution in [0.3, 0.4) is 0 Å². The Bertz CT molecular complexity index is 753. The molecule has 6 heteroatoms. The van der Waals surface area contributed by atoms with E-state index < -0.39 is 11.9 Å². The second-order valence-electron chi connectivity index (χ2n) is 6.68. The zero-order valence-corrected chi connectivity index (χ0v) is 17.3. The highest BCUT2D eigenvalue weighted by molar-refractivity contribution is 7.99. The van der Waals surface area contributed by atoms with Gasteiger partial charge in [-0.1, -0.05) is 25.1 Å². The van der Waals surface area contributed by atoms with E-state index in [-0.39, 0.29) is 12.0 Å². The molecule has 5 nitrogen and oxygen atoms in total. The quantitative estimate of drug-likeness (QED) is 0.431. The summed E-state index contributed by atoms with van der Waals surface area (Å²) < 4.78 is 10.8. The molecule has 1 aromatic rings. The third-order valence-electron chi connectivity index (χ3n) is 4.16. The van der Waals surface area contributed by atoms with E-state index in [1.807, 2.05) is 51.1 Å². The average molecular weight is 390 g/mol. The molecule has 1 aliphatic heterocycles. The lowest BCUT2D eigenvalue weighted by molar-refractivity contribution is -0.143. The fraction of sp³-hybridized carbons (Fsp3) is 0.429. The van der Waals surface area contributed by atoms with Gasteiger partial charge in [0, 0.05) is 28.0 Å². The smallest absolute Gasteiger partial charge is 0.336 e. The first-order chi connectivity index (χ1) is 12.8. The molecule has 0 aromatic heterocycles. The summed E-state index contributed by atoms with van der Waals surface area (Å²) in [5.41, 5.74) is 2.37. The van der Waals surface area contributed by atoms with Gasteiger partial charge in [0.05, 0.1) is 17.3 Å². The molecule has 27 heavy (non-hydrogen) atoms. The second-order valence-corrected chi connectivity index (χ2v) is 7.84. The van der Waals surface area contributed by atoms with Gasteiger partial charge in [0.1, 0.15) is 6.61 Å². The van der Waals surface area contributed by atoms with Crippen LogP contribution in [0.4, 0.5) is 0 Å². The Morgan fingerprint density at radius 2 is 1.67 bits per heavy atom. The topological polar surface area (TPSA) is 64.6 Å². The number of benzene rings is 1. The molecule has 0 fully saturated rings. The molecule has 1 N–H and O–H groups in total. The van der Waals surface area contributed by atoms with Gasteiger partial charge in [0.25, 0.3) is 0 Å². The average Bonchev–Trinajstić information content (AvgIpc) is 2.58. The highest BCUT2D eigenvalue weighted by Crippen LogP contribution is 2.31. The second kappa shape index (κ2) is 9.65. The third kappa shape index (κ3) is 5.63. The maximum Gasteiger partial charge on any atom is 0.336 e. The van der Waals surface area contributed by atoms with E-state index in [4.69, 9.17) is 9.47 Å². The minimum Gasteiger partial charge on any atom is -0.461 e. The first-order valence-electron chi connectivity index (χ1n) is 9.05. The first kappa shape index (κ1) is 21.1. The van der Waals surface area contributed by atoms with Gasteiger partial charge in [-0.2, -0.15) is 0 Å². The summed E-state index contributed by atoms with van der Waals surface area (Å²) in [5.74, 6) is -0.517. The lowest BCUT2D eigenvalue weighted by Crippen LogP contribution is -2.33. The van der Waals surface area contributed by atoms with Crippen molar-refractivity contribution in [1.82, 2.24) is 5.32 Å². The number of ether oxygens (including phenoxy) is 2. The predicted molar refractivity (Wildman–Crippen MR) is 107 cm³/mol. The van der Waals surface area contributed by atoms with Gasteiger partial charge in [0.15, 0.2) is 0 Å². The highest BCUT2D eigenvalue weighted by atomic mass is 32.2. The summed E-state index contributed by atoms with van der Waals surface area (Å²) in [6.07, 6.45) is -0.220. The number of hydrogen-bond acceptors (Lipinski definition) is 6. The Morgan fingerprint density at radius 1 is 1.07 bits per heavy atom. The maximum absolute atomic E-state index is 12.6. The summed E-state index contributed by atoms with van der Waals surface area (Å²) >= 11 is 1.63. The number of thioether (sulfide) groups is 1. The van der Waals surface area contributed by atoms with Crippen molar-refractivity contribution in [1.29, 1.82) is 0 Å². The van der Waals surface area contributed by atoms with E-state index in [2.05, 4.69) is 5.32 Å². The highest BCUT2D eigenvalue weighted by Gasteiger charge is 2.34. The van der Waals surface area contributed by atoms with Crippen LogP contribution in [0.15, 0.2) is 57.8 Å². The van der Waals surface area contributed by atoms with Crippen molar-refractivity contribution in [3.63, 3.8) is 0 Å². The van der Waals surface area contributed by atoms with E-state index in [9.17, 15) is 9.59 Å². The Hall–Kier alpha value is -2.21. The Morgan fingerprint density at radius 3 is 2.26 bits per heavy atom. The Kier molecular flexibility index (Phi) is 7.54. The van der Waals surface area contributed by atoms with Crippen LogP contribution in [-0.4, -0.2) is 30.4 Å². The van der Waals surface area contributed by atoms with Gasteiger partial charge in [-0.15, -0.1) is 11.8 Å². The number of allylic oxidation sites excluding steroid dienone is 2. The van der Waals surface area contributed by atoms with Crippen molar-refractivity contribution < 1.29 is 19.1 Å². The molecule has 2 rings (SSSR count). The van der Waals surface area contributed by atoms with Gasteiger partial charge in [-0.05, 0) is 39.8 Å². The number of hydrogen-bond donors (Lipinski definition) is 1. The molecule has 1 unspecified atom stereocenters. The number of carbonyl (C=O) groups excluding carboxylic acids is 2. The van der Waals surface area contributed by atoms with Gasteiger partial charge < -0.3 is 14.8 Å². The molecule has 0 spiro atoms. The van der Waals surface area contributed by atoms with Gasteiger partial charge in [-0.25, -0.2) is 9.59 Å². The van der Waals surface area contributed by atoms with E-state index >= 15 is 0 Å². The molecule has 1 heterocycles. The predicted octanol–water partition coefficient (Wildman–Crippen LogP) is 4.06. The maximum atomic E-state index is 12.6. The van der Waals surface area contributed by atoms with Crippen LogP contribution >= 0.6 is 11.8 Å². The van der Waals surface area contributed by atoms with E-state index in [0.29, 0.717) is 34.9 Å². The summed E-state index contributed by atoms with van der Waals surface area (Å²) in [7, 11) is 0. The summed E-state index contributed by atoms with van der Waals surface area (Å²) in [4.78, 5) is 26.2. The van der Waals surface area contributed by atoms with Crippen LogP contribution in [0.5, 0.6) is 0 Å². The van der Waals surface area contributed by atoms with E-state index in [0.717, 1.165) is 4.90 Å². The van der Waals surface area contributed by atoms with Crippen molar-refractivity contribution in [3.05, 3.63) is 52.9 Å². The largest absolute Gasteiger partial charge is 0.461 e. The van der Waals surface area contributed by atoms with Crippen LogP contribution in [0, 0.1) is 5.92 Å². The number of carbonyl (C=O) groups is 2. The fourth-order valence-electron chi connectivity index (χ4n) is 3.04. The number of rotatable bonds is 7. The van der Waals surface area contributed by atoms with Crippen LogP contribution in [0.2, 0.25) is 0 Å². The molecule has 0 radical (unpaired) electrons. The van der Waals surface area contributed by atoms with Crippen LogP contribution in [0.25, 0.3) is 0 Å². The standard InChI is InChI=1S/C21H27NO4S/c1-13(2)26-21(24)19-14(3)18(15(4)22-16(19)5)20(23)25-11-12-27-17-9-7-6-8-10-17/h6-10,13-14,22H,11-12H2,1-5H3. The summed E-state index contributed by atoms with van der Waals surface area (Å²) in [6, 6.07) is 9.96. The Labute approximate surface area is 165 Å². The van der Waals surface area contributed by atoms with E-state index in [1.54, 1.807) is 25.6 Å². The van der Waals surface area contributed by atoms with Crippen LogP contribution < -0.4 is 5.32 Å². The molecule has 146 valence electrons. The number of dihydropyridines is 1. The molecule has 1 aliphatic rings. The molecular formula is C21H27NO4S. The number of nitrogens with one attached hydrogen (secondary N) is 1. The normalized spacial score (nSPS) is 17.0. The zero-order valence-electron chi connectivity index (χ0n) is 16.5. The molecule has 0 saturated heterocycles. The van der Waals surface area contributed by atoms with Crippen molar-refractivity contribution >= 4 is 23.7 Å². The minimum atomic E-state index is -0.403. The van der Waals surface area contributed by atoms with Gasteiger partial charge in [-0.3, -0.25) is 0 Å². The fourth-order valence-corrected chi connectivity index (χ4v) is 3.79. The minimum absolute atomic E-state index is 0.220. The first-order valence-corrected chi connectivity index (χ1v) is 10.0. The van der Waals surface area contributed by atoms with E-state index in [1.165, 1.54) is 0 Å². The molecule has 0 amide bonds. The number of esters is 2. The molecule has 0 saturated carbocycles. The molecule has 0 bridgehead atoms. The Balaban J connectivity index is 1.98.